The summed E-state index contributed by atoms with van der Waals surface area (Å²) in [5, 5.41) is 3.00. The van der Waals surface area contributed by atoms with Crippen LogP contribution in [0.4, 0.5) is 5.82 Å². The van der Waals surface area contributed by atoms with Crippen LogP contribution in [-0.2, 0) is 0 Å². The molecule has 0 unspecified atom stereocenters. The summed E-state index contributed by atoms with van der Waals surface area (Å²) in [6.07, 6.45) is 0. The van der Waals surface area contributed by atoms with Crippen LogP contribution in [0.2, 0.25) is 0 Å². The van der Waals surface area contributed by atoms with Gasteiger partial charge in [-0.3, -0.25) is 0 Å². The van der Waals surface area contributed by atoms with Crippen LogP contribution in [-0.4, -0.2) is 17.0 Å². The fourth-order valence-electron chi connectivity index (χ4n) is 1.90. The summed E-state index contributed by atoms with van der Waals surface area (Å²) in [5.41, 5.74) is 1.14. The molecule has 0 fully saturated rings. The van der Waals surface area contributed by atoms with Crippen molar-refractivity contribution in [3.8, 4) is 11.6 Å². The van der Waals surface area contributed by atoms with Crippen LogP contribution < -0.4 is 10.1 Å². The molecule has 0 spiro atoms. The second-order valence-corrected chi connectivity index (χ2v) is 5.74. The van der Waals surface area contributed by atoms with Crippen molar-refractivity contribution in [1.82, 2.24) is 9.97 Å². The third kappa shape index (κ3) is 3.48. The quantitative estimate of drug-likeness (QED) is 0.893. The predicted octanol–water partition coefficient (Wildman–Crippen LogP) is 4.50. The Morgan fingerprint density at radius 1 is 1.20 bits per heavy atom. The van der Waals surface area contributed by atoms with Crippen LogP contribution in [0.25, 0.3) is 0 Å². The third-order valence-corrected chi connectivity index (χ3v) is 3.37. The van der Waals surface area contributed by atoms with Gasteiger partial charge in [-0.25, -0.2) is 4.98 Å². The highest BCUT2D eigenvalue weighted by atomic mass is 79.9. The molecule has 0 aliphatic heterocycles. The van der Waals surface area contributed by atoms with Crippen molar-refractivity contribution in [3.63, 3.8) is 0 Å². The van der Waals surface area contributed by atoms with Crippen molar-refractivity contribution < 1.29 is 4.74 Å². The lowest BCUT2D eigenvalue weighted by atomic mass is 10.0. The van der Waals surface area contributed by atoms with Crippen molar-refractivity contribution in [3.05, 3.63) is 40.1 Å². The van der Waals surface area contributed by atoms with E-state index in [4.69, 9.17) is 4.74 Å². The SMILES string of the molecule is CNc1cc(Oc2ccc(Br)cc2C(C)C)nc(C)n1. The second-order valence-electron chi connectivity index (χ2n) is 4.83. The molecule has 0 aliphatic rings. The van der Waals surface area contributed by atoms with Gasteiger partial charge in [0, 0.05) is 17.6 Å². The molecule has 1 aromatic heterocycles. The van der Waals surface area contributed by atoms with Gasteiger partial charge in [-0.05, 0) is 36.6 Å². The van der Waals surface area contributed by atoms with Gasteiger partial charge in [-0.1, -0.05) is 29.8 Å². The number of hydrogen-bond acceptors (Lipinski definition) is 4. The number of benzene rings is 1. The summed E-state index contributed by atoms with van der Waals surface area (Å²) in [6, 6.07) is 7.79. The normalized spacial score (nSPS) is 10.7. The second kappa shape index (κ2) is 6.22. The minimum absolute atomic E-state index is 0.370. The summed E-state index contributed by atoms with van der Waals surface area (Å²) in [5.74, 6) is 3.16. The first-order valence-corrected chi connectivity index (χ1v) is 7.29. The fraction of sp³-hybridized carbons (Fsp3) is 0.333. The summed E-state index contributed by atoms with van der Waals surface area (Å²) in [6.45, 7) is 6.12. The summed E-state index contributed by atoms with van der Waals surface area (Å²) >= 11 is 3.49. The average molecular weight is 336 g/mol. The topological polar surface area (TPSA) is 47.0 Å². The molecule has 20 heavy (non-hydrogen) atoms. The fourth-order valence-corrected chi connectivity index (χ4v) is 2.28. The number of nitrogens with zero attached hydrogens (tertiary/aromatic N) is 2. The Morgan fingerprint density at radius 2 is 1.95 bits per heavy atom. The van der Waals surface area contributed by atoms with Crippen LogP contribution in [0.3, 0.4) is 0 Å². The van der Waals surface area contributed by atoms with Gasteiger partial charge in [0.1, 0.15) is 17.4 Å². The van der Waals surface area contributed by atoms with Crippen molar-refractivity contribution in [2.75, 3.05) is 12.4 Å². The van der Waals surface area contributed by atoms with E-state index in [0.29, 0.717) is 17.6 Å². The van der Waals surface area contributed by atoms with E-state index in [1.165, 1.54) is 0 Å². The molecule has 0 saturated heterocycles. The lowest BCUT2D eigenvalue weighted by Crippen LogP contribution is -2.00. The van der Waals surface area contributed by atoms with E-state index < -0.39 is 0 Å². The molecule has 1 aromatic carbocycles. The third-order valence-electron chi connectivity index (χ3n) is 2.88. The first kappa shape index (κ1) is 14.8. The molecule has 1 N–H and O–H groups in total. The van der Waals surface area contributed by atoms with Crippen LogP contribution in [0, 0.1) is 6.92 Å². The van der Waals surface area contributed by atoms with Gasteiger partial charge in [0.2, 0.25) is 5.88 Å². The molecule has 5 heteroatoms. The molecule has 0 radical (unpaired) electrons. The molecule has 0 saturated carbocycles. The summed E-state index contributed by atoms with van der Waals surface area (Å²) < 4.78 is 6.98. The highest BCUT2D eigenvalue weighted by Crippen LogP contribution is 2.32. The molecule has 2 rings (SSSR count). The zero-order valence-corrected chi connectivity index (χ0v) is 13.7. The lowest BCUT2D eigenvalue weighted by molar-refractivity contribution is 0.452. The van der Waals surface area contributed by atoms with E-state index in [1.807, 2.05) is 26.1 Å². The highest BCUT2D eigenvalue weighted by molar-refractivity contribution is 9.10. The van der Waals surface area contributed by atoms with E-state index in [9.17, 15) is 0 Å². The molecule has 1 heterocycles. The standard InChI is InChI=1S/C15H18BrN3O/c1-9(2)12-7-11(16)5-6-13(12)20-15-8-14(17-4)18-10(3)19-15/h5-9H,1-4H3,(H,17,18,19). The van der Waals surface area contributed by atoms with Crippen molar-refractivity contribution in [1.29, 1.82) is 0 Å². The Labute approximate surface area is 127 Å². The predicted molar refractivity (Wildman–Crippen MR) is 84.6 cm³/mol. The van der Waals surface area contributed by atoms with Crippen LogP contribution in [0.5, 0.6) is 11.6 Å². The Bertz CT molecular complexity index is 614. The number of aryl methyl sites for hydroxylation is 1. The van der Waals surface area contributed by atoms with Crippen LogP contribution in [0.15, 0.2) is 28.7 Å². The number of hydrogen-bond donors (Lipinski definition) is 1. The van der Waals surface area contributed by atoms with Gasteiger partial charge < -0.3 is 10.1 Å². The molecule has 2 aromatic rings. The van der Waals surface area contributed by atoms with Gasteiger partial charge in [0.15, 0.2) is 0 Å². The van der Waals surface area contributed by atoms with Gasteiger partial charge in [-0.2, -0.15) is 4.98 Å². The zero-order valence-electron chi connectivity index (χ0n) is 12.1. The maximum Gasteiger partial charge on any atom is 0.224 e. The summed E-state index contributed by atoms with van der Waals surface area (Å²) in [4.78, 5) is 8.57. The molecule has 0 amide bonds. The Morgan fingerprint density at radius 3 is 2.60 bits per heavy atom. The smallest absolute Gasteiger partial charge is 0.224 e. The lowest BCUT2D eigenvalue weighted by Gasteiger charge is -2.14. The van der Waals surface area contributed by atoms with E-state index in [0.717, 1.165) is 21.6 Å². The Kier molecular flexibility index (Phi) is 4.60. The molecular formula is C15H18BrN3O. The number of anilines is 1. The Balaban J connectivity index is 2.37. The van der Waals surface area contributed by atoms with E-state index in [2.05, 4.69) is 51.1 Å². The molecule has 0 bridgehead atoms. The minimum atomic E-state index is 0.370. The van der Waals surface area contributed by atoms with Crippen molar-refractivity contribution in [2.45, 2.75) is 26.7 Å². The Hall–Kier alpha value is -1.62. The zero-order chi connectivity index (χ0) is 14.7. The van der Waals surface area contributed by atoms with E-state index in [-0.39, 0.29) is 0 Å². The van der Waals surface area contributed by atoms with E-state index in [1.54, 1.807) is 6.07 Å². The van der Waals surface area contributed by atoms with Gasteiger partial charge in [0.05, 0.1) is 0 Å². The average Bonchev–Trinajstić information content (AvgIpc) is 2.40. The molecule has 106 valence electrons. The van der Waals surface area contributed by atoms with Crippen LogP contribution in [0.1, 0.15) is 31.2 Å². The largest absolute Gasteiger partial charge is 0.439 e. The van der Waals surface area contributed by atoms with Gasteiger partial charge >= 0.3 is 0 Å². The minimum Gasteiger partial charge on any atom is -0.439 e. The first-order valence-electron chi connectivity index (χ1n) is 6.50. The monoisotopic (exact) mass is 335 g/mol. The number of rotatable bonds is 4. The molecular weight excluding hydrogens is 318 g/mol. The number of ether oxygens (including phenoxy) is 1. The van der Waals surface area contributed by atoms with Gasteiger partial charge in [0.25, 0.3) is 0 Å². The van der Waals surface area contributed by atoms with Crippen molar-refractivity contribution in [2.24, 2.45) is 0 Å². The summed E-state index contributed by atoms with van der Waals surface area (Å²) in [7, 11) is 1.82. The molecule has 0 atom stereocenters. The van der Waals surface area contributed by atoms with Crippen LogP contribution >= 0.6 is 15.9 Å². The molecule has 4 nitrogen and oxygen atoms in total. The molecule has 0 aliphatic carbocycles. The maximum absolute atomic E-state index is 5.94. The van der Waals surface area contributed by atoms with Crippen molar-refractivity contribution >= 4 is 21.7 Å². The highest BCUT2D eigenvalue weighted by Gasteiger charge is 2.11. The maximum atomic E-state index is 5.94. The number of aromatic nitrogens is 2. The number of halogens is 1. The number of nitrogens with one attached hydrogen (secondary N) is 1. The van der Waals surface area contributed by atoms with E-state index >= 15 is 0 Å². The van der Waals surface area contributed by atoms with Gasteiger partial charge in [-0.15, -0.1) is 0 Å². The first-order chi connectivity index (χ1) is 9.49.